The molecule has 3 nitrogen and oxygen atoms in total. The second-order valence-corrected chi connectivity index (χ2v) is 5.25. The molecule has 0 fully saturated rings. The Morgan fingerprint density at radius 1 is 1.05 bits per heavy atom. The van der Waals surface area contributed by atoms with Crippen molar-refractivity contribution >= 4 is 5.97 Å². The van der Waals surface area contributed by atoms with Crippen LogP contribution in [0.4, 0.5) is 0 Å². The van der Waals surface area contributed by atoms with Gasteiger partial charge >= 0.3 is 5.97 Å². The van der Waals surface area contributed by atoms with Gasteiger partial charge < -0.3 is 5.11 Å². The van der Waals surface area contributed by atoms with Gasteiger partial charge in [-0.2, -0.15) is 0 Å². The zero-order valence-corrected chi connectivity index (χ0v) is 12.6. The molecule has 110 valence electrons. The molecule has 0 aliphatic rings. The van der Waals surface area contributed by atoms with Crippen molar-refractivity contribution in [3.63, 3.8) is 0 Å². The monoisotopic (exact) mass is 283 g/mol. The molecule has 1 N–H and O–H groups in total. The summed E-state index contributed by atoms with van der Waals surface area (Å²) < 4.78 is 0. The first-order chi connectivity index (χ1) is 10.1. The average molecular weight is 283 g/mol. The number of rotatable bonds is 6. The highest BCUT2D eigenvalue weighted by atomic mass is 16.4. The highest BCUT2D eigenvalue weighted by molar-refractivity contribution is 5.86. The maximum absolute atomic E-state index is 11.1. The van der Waals surface area contributed by atoms with Crippen LogP contribution >= 0.6 is 0 Å². The van der Waals surface area contributed by atoms with Crippen LogP contribution in [0.15, 0.2) is 36.4 Å². The van der Waals surface area contributed by atoms with Gasteiger partial charge in [-0.05, 0) is 48.2 Å². The minimum absolute atomic E-state index is 0.0884. The molecular weight excluding hydrogens is 262 g/mol. The summed E-state index contributed by atoms with van der Waals surface area (Å²) in [5, 5.41) is 9.07. The third kappa shape index (κ3) is 3.91. The van der Waals surface area contributed by atoms with Crippen LogP contribution in [0.5, 0.6) is 0 Å². The van der Waals surface area contributed by atoms with Crippen LogP contribution in [0.25, 0.3) is 11.3 Å². The Labute approximate surface area is 125 Å². The first-order valence-corrected chi connectivity index (χ1v) is 7.47. The molecule has 2 rings (SSSR count). The fourth-order valence-electron chi connectivity index (χ4n) is 2.49. The molecule has 21 heavy (non-hydrogen) atoms. The van der Waals surface area contributed by atoms with Gasteiger partial charge in [0.1, 0.15) is 5.69 Å². The topological polar surface area (TPSA) is 50.2 Å². The second-order valence-electron chi connectivity index (χ2n) is 5.25. The lowest BCUT2D eigenvalue weighted by atomic mass is 9.98. The summed E-state index contributed by atoms with van der Waals surface area (Å²) in [7, 11) is 0. The van der Waals surface area contributed by atoms with Crippen molar-refractivity contribution in [1.29, 1.82) is 0 Å². The zero-order chi connectivity index (χ0) is 15.2. The van der Waals surface area contributed by atoms with E-state index in [2.05, 4.69) is 37.0 Å². The number of aromatic carboxylic acids is 1. The minimum atomic E-state index is -0.990. The lowest BCUT2D eigenvalue weighted by molar-refractivity contribution is 0.0690. The summed E-state index contributed by atoms with van der Waals surface area (Å²) in [5.41, 5.74) is 4.41. The molecule has 0 atom stereocenters. The van der Waals surface area contributed by atoms with E-state index in [0.29, 0.717) is 0 Å². The van der Waals surface area contributed by atoms with E-state index in [1.165, 1.54) is 17.2 Å². The van der Waals surface area contributed by atoms with E-state index in [9.17, 15) is 4.79 Å². The van der Waals surface area contributed by atoms with E-state index in [1.807, 2.05) is 6.07 Å². The number of hydrogen-bond acceptors (Lipinski definition) is 2. The largest absolute Gasteiger partial charge is 0.477 e. The lowest BCUT2D eigenvalue weighted by Crippen LogP contribution is -2.01. The van der Waals surface area contributed by atoms with E-state index in [4.69, 9.17) is 5.11 Å². The summed E-state index contributed by atoms with van der Waals surface area (Å²) in [6, 6.07) is 11.6. The number of hydrogen-bond donors (Lipinski definition) is 1. The molecule has 0 saturated heterocycles. The molecule has 2 aromatic rings. The Balaban J connectivity index is 2.46. The number of carbonyl (C=O) groups is 1. The predicted molar refractivity (Wildman–Crippen MR) is 84.6 cm³/mol. The van der Waals surface area contributed by atoms with Gasteiger partial charge in [0.05, 0.1) is 5.69 Å². The highest BCUT2D eigenvalue weighted by Gasteiger charge is 2.08. The summed E-state index contributed by atoms with van der Waals surface area (Å²) in [6.07, 6.45) is 4.25. The second kappa shape index (κ2) is 7.02. The maximum atomic E-state index is 11.1. The lowest BCUT2D eigenvalue weighted by Gasteiger charge is -2.09. The molecule has 0 unspecified atom stereocenters. The third-order valence-electron chi connectivity index (χ3n) is 3.39. The molecule has 0 amide bonds. The van der Waals surface area contributed by atoms with E-state index < -0.39 is 5.97 Å². The van der Waals surface area contributed by atoms with Gasteiger partial charge in [-0.15, -0.1) is 0 Å². The minimum Gasteiger partial charge on any atom is -0.477 e. The Morgan fingerprint density at radius 2 is 1.67 bits per heavy atom. The van der Waals surface area contributed by atoms with Gasteiger partial charge in [-0.1, -0.05) is 38.8 Å². The van der Waals surface area contributed by atoms with Gasteiger partial charge in [0.15, 0.2) is 0 Å². The highest BCUT2D eigenvalue weighted by Crippen LogP contribution is 2.23. The first kappa shape index (κ1) is 15.2. The number of carboxylic acids is 1. The number of pyridine rings is 1. The van der Waals surface area contributed by atoms with Crippen molar-refractivity contribution in [3.05, 3.63) is 53.2 Å². The van der Waals surface area contributed by atoms with Crippen LogP contribution in [0, 0.1) is 0 Å². The van der Waals surface area contributed by atoms with Crippen LogP contribution in [0.3, 0.4) is 0 Å². The maximum Gasteiger partial charge on any atom is 0.354 e. The van der Waals surface area contributed by atoms with Gasteiger partial charge in [0.25, 0.3) is 0 Å². The predicted octanol–water partition coefficient (Wildman–Crippen LogP) is 4.35. The summed E-state index contributed by atoms with van der Waals surface area (Å²) in [4.78, 5) is 15.3. The number of benzene rings is 1. The van der Waals surface area contributed by atoms with E-state index in [-0.39, 0.29) is 5.69 Å². The quantitative estimate of drug-likeness (QED) is 0.857. The smallest absolute Gasteiger partial charge is 0.354 e. The van der Waals surface area contributed by atoms with Crippen LogP contribution in [-0.2, 0) is 12.8 Å². The first-order valence-electron chi connectivity index (χ1n) is 7.47. The average Bonchev–Trinajstić information content (AvgIpc) is 2.48. The number of carboxylic acid groups (broad SMARTS) is 1. The molecule has 0 aliphatic heterocycles. The Hall–Kier alpha value is -2.16. The van der Waals surface area contributed by atoms with Gasteiger partial charge in [0, 0.05) is 5.56 Å². The van der Waals surface area contributed by atoms with Gasteiger partial charge in [-0.25, -0.2) is 9.78 Å². The molecule has 3 heteroatoms. The standard InChI is InChI=1S/C18H21NO2/c1-3-6-13-10-14(7-4-2)12-15(11-13)16-8-5-9-17(19-16)18(20)21/h5,8-12H,3-4,6-7H2,1-2H3,(H,20,21). The Bertz CT molecular complexity index is 611. The molecule has 1 aromatic heterocycles. The van der Waals surface area contributed by atoms with Crippen LogP contribution in [-0.4, -0.2) is 16.1 Å². The van der Waals surface area contributed by atoms with Crippen molar-refractivity contribution in [2.24, 2.45) is 0 Å². The number of aromatic nitrogens is 1. The van der Waals surface area contributed by atoms with Crippen molar-refractivity contribution in [2.75, 3.05) is 0 Å². The molecule has 0 spiro atoms. The molecular formula is C18H21NO2. The molecule has 1 heterocycles. The molecule has 0 saturated carbocycles. The van der Waals surface area contributed by atoms with Crippen molar-refractivity contribution in [1.82, 2.24) is 4.98 Å². The molecule has 0 aliphatic carbocycles. The van der Waals surface area contributed by atoms with Gasteiger partial charge in [-0.3, -0.25) is 0 Å². The van der Waals surface area contributed by atoms with E-state index in [1.54, 1.807) is 6.07 Å². The summed E-state index contributed by atoms with van der Waals surface area (Å²) in [6.45, 7) is 4.32. The Morgan fingerprint density at radius 3 is 2.19 bits per heavy atom. The van der Waals surface area contributed by atoms with E-state index in [0.717, 1.165) is 36.9 Å². The number of aryl methyl sites for hydroxylation is 2. The number of nitrogens with zero attached hydrogens (tertiary/aromatic N) is 1. The SMILES string of the molecule is CCCc1cc(CCC)cc(-c2cccc(C(=O)O)n2)c1. The van der Waals surface area contributed by atoms with Crippen molar-refractivity contribution in [3.8, 4) is 11.3 Å². The molecule has 1 aromatic carbocycles. The van der Waals surface area contributed by atoms with Crippen LogP contribution in [0.1, 0.15) is 48.3 Å². The Kier molecular flexibility index (Phi) is 5.09. The molecule has 0 radical (unpaired) electrons. The fraction of sp³-hybridized carbons (Fsp3) is 0.333. The molecule has 0 bridgehead atoms. The van der Waals surface area contributed by atoms with Crippen molar-refractivity contribution < 1.29 is 9.90 Å². The van der Waals surface area contributed by atoms with Crippen molar-refractivity contribution in [2.45, 2.75) is 39.5 Å². The van der Waals surface area contributed by atoms with Crippen LogP contribution in [0.2, 0.25) is 0 Å². The van der Waals surface area contributed by atoms with Crippen LogP contribution < -0.4 is 0 Å². The van der Waals surface area contributed by atoms with E-state index >= 15 is 0 Å². The summed E-state index contributed by atoms with van der Waals surface area (Å²) in [5.74, 6) is -0.990. The van der Waals surface area contributed by atoms with Gasteiger partial charge in [0.2, 0.25) is 0 Å². The third-order valence-corrected chi connectivity index (χ3v) is 3.39. The summed E-state index contributed by atoms with van der Waals surface area (Å²) >= 11 is 0. The normalized spacial score (nSPS) is 10.6. The zero-order valence-electron chi connectivity index (χ0n) is 12.6. The fourth-order valence-corrected chi connectivity index (χ4v) is 2.49.